The Morgan fingerprint density at radius 2 is 1.62 bits per heavy atom. The molecule has 0 aliphatic rings. The van der Waals surface area contributed by atoms with Crippen molar-refractivity contribution in [2.45, 2.75) is 6.92 Å². The highest BCUT2D eigenvalue weighted by molar-refractivity contribution is 6.42. The van der Waals surface area contributed by atoms with Crippen LogP contribution in [0.4, 0.5) is 11.4 Å². The Bertz CT molecular complexity index is 733. The van der Waals surface area contributed by atoms with E-state index in [1.807, 2.05) is 6.92 Å². The number of carbonyl (C=O) groups is 2. The molecule has 0 saturated heterocycles. The van der Waals surface area contributed by atoms with E-state index in [1.54, 1.807) is 42.5 Å². The van der Waals surface area contributed by atoms with Gasteiger partial charge < -0.3 is 16.0 Å². The number of nitrogens with one attached hydrogen (secondary N) is 3. The van der Waals surface area contributed by atoms with Gasteiger partial charge in [0.15, 0.2) is 0 Å². The molecule has 0 aliphatic carbocycles. The summed E-state index contributed by atoms with van der Waals surface area (Å²) in [6.45, 7) is 2.50. The fourth-order valence-corrected chi connectivity index (χ4v) is 2.26. The van der Waals surface area contributed by atoms with E-state index in [0.717, 1.165) is 0 Å². The maximum atomic E-state index is 11.9. The number of hydrogen-bond acceptors (Lipinski definition) is 3. The normalized spacial score (nSPS) is 10.1. The fraction of sp³-hybridized carbons (Fsp3) is 0.176. The molecule has 2 aromatic rings. The molecule has 0 aromatic heterocycles. The van der Waals surface area contributed by atoms with E-state index in [0.29, 0.717) is 33.5 Å². The first-order chi connectivity index (χ1) is 11.5. The van der Waals surface area contributed by atoms with Crippen molar-refractivity contribution < 1.29 is 9.59 Å². The van der Waals surface area contributed by atoms with Crippen molar-refractivity contribution in [3.8, 4) is 0 Å². The number of carbonyl (C=O) groups excluding carboxylic acids is 2. The lowest BCUT2D eigenvalue weighted by Gasteiger charge is -2.09. The van der Waals surface area contributed by atoms with Gasteiger partial charge in [-0.25, -0.2) is 0 Å². The lowest BCUT2D eigenvalue weighted by atomic mass is 10.2. The molecule has 0 atom stereocenters. The van der Waals surface area contributed by atoms with E-state index in [9.17, 15) is 9.59 Å². The van der Waals surface area contributed by atoms with Crippen LogP contribution >= 0.6 is 23.2 Å². The Kier molecular flexibility index (Phi) is 6.46. The number of halogens is 2. The third-order valence-corrected chi connectivity index (χ3v) is 3.88. The van der Waals surface area contributed by atoms with Crippen molar-refractivity contribution in [1.82, 2.24) is 5.32 Å². The largest absolute Gasteiger partial charge is 0.376 e. The van der Waals surface area contributed by atoms with Crippen LogP contribution in [0.2, 0.25) is 10.0 Å². The summed E-state index contributed by atoms with van der Waals surface area (Å²) < 4.78 is 0. The fourth-order valence-electron chi connectivity index (χ4n) is 1.96. The third kappa shape index (κ3) is 5.15. The minimum Gasteiger partial charge on any atom is -0.376 e. The molecule has 0 saturated carbocycles. The number of amides is 2. The number of rotatable bonds is 6. The molecule has 126 valence electrons. The average molecular weight is 366 g/mol. The summed E-state index contributed by atoms with van der Waals surface area (Å²) in [5.74, 6) is -0.358. The van der Waals surface area contributed by atoms with E-state index < -0.39 is 0 Å². The Morgan fingerprint density at radius 3 is 2.25 bits per heavy atom. The van der Waals surface area contributed by atoms with E-state index in [2.05, 4.69) is 16.0 Å². The second-order valence-corrected chi connectivity index (χ2v) is 5.78. The van der Waals surface area contributed by atoms with Gasteiger partial charge in [0.2, 0.25) is 5.91 Å². The maximum absolute atomic E-state index is 11.9. The van der Waals surface area contributed by atoms with Gasteiger partial charge >= 0.3 is 0 Å². The summed E-state index contributed by atoms with van der Waals surface area (Å²) in [5, 5.41) is 9.29. The highest BCUT2D eigenvalue weighted by Crippen LogP contribution is 2.24. The van der Waals surface area contributed by atoms with Crippen molar-refractivity contribution in [3.05, 3.63) is 58.1 Å². The van der Waals surface area contributed by atoms with Gasteiger partial charge in [-0.3, -0.25) is 9.59 Å². The Morgan fingerprint density at radius 1 is 0.958 bits per heavy atom. The highest BCUT2D eigenvalue weighted by atomic mass is 35.5. The lowest BCUT2D eigenvalue weighted by Crippen LogP contribution is -2.23. The van der Waals surface area contributed by atoms with Gasteiger partial charge in [0, 0.05) is 23.5 Å². The predicted molar refractivity (Wildman–Crippen MR) is 98.0 cm³/mol. The molecule has 5 nitrogen and oxygen atoms in total. The zero-order valence-corrected chi connectivity index (χ0v) is 14.5. The smallest absolute Gasteiger partial charge is 0.251 e. The first-order valence-corrected chi connectivity index (χ1v) is 8.12. The summed E-state index contributed by atoms with van der Waals surface area (Å²) in [4.78, 5) is 23.6. The van der Waals surface area contributed by atoms with Gasteiger partial charge in [-0.15, -0.1) is 0 Å². The van der Waals surface area contributed by atoms with Crippen molar-refractivity contribution in [2.24, 2.45) is 0 Å². The maximum Gasteiger partial charge on any atom is 0.251 e. The molecular formula is C17H17Cl2N3O2. The van der Waals surface area contributed by atoms with Crippen LogP contribution in [-0.2, 0) is 4.79 Å². The first kappa shape index (κ1) is 18.1. The second-order valence-electron chi connectivity index (χ2n) is 4.97. The van der Waals surface area contributed by atoms with Crippen molar-refractivity contribution >= 4 is 46.4 Å². The molecule has 2 aromatic carbocycles. The van der Waals surface area contributed by atoms with Crippen LogP contribution < -0.4 is 16.0 Å². The van der Waals surface area contributed by atoms with Gasteiger partial charge in [0.1, 0.15) is 0 Å². The van der Waals surface area contributed by atoms with Gasteiger partial charge in [-0.1, -0.05) is 23.2 Å². The van der Waals surface area contributed by atoms with Crippen LogP contribution in [0.3, 0.4) is 0 Å². The van der Waals surface area contributed by atoms with Gasteiger partial charge in [-0.05, 0) is 49.4 Å². The Balaban J connectivity index is 1.87. The summed E-state index contributed by atoms with van der Waals surface area (Å²) in [7, 11) is 0. The van der Waals surface area contributed by atoms with E-state index >= 15 is 0 Å². The lowest BCUT2D eigenvalue weighted by molar-refractivity contribution is -0.114. The third-order valence-electron chi connectivity index (χ3n) is 3.14. The zero-order valence-electron chi connectivity index (χ0n) is 13.0. The summed E-state index contributed by atoms with van der Waals surface area (Å²) >= 11 is 11.8. The number of hydrogen-bond donors (Lipinski definition) is 3. The van der Waals surface area contributed by atoms with Crippen molar-refractivity contribution in [2.75, 3.05) is 23.7 Å². The van der Waals surface area contributed by atoms with Crippen LogP contribution in [-0.4, -0.2) is 24.9 Å². The number of anilines is 2. The molecule has 3 N–H and O–H groups in total. The first-order valence-electron chi connectivity index (χ1n) is 7.36. The second kappa shape index (κ2) is 8.57. The van der Waals surface area contributed by atoms with Gasteiger partial charge in [-0.2, -0.15) is 0 Å². The molecule has 0 bridgehead atoms. The van der Waals surface area contributed by atoms with Crippen LogP contribution in [0.15, 0.2) is 42.5 Å². The van der Waals surface area contributed by atoms with Crippen LogP contribution in [0.25, 0.3) is 0 Å². The van der Waals surface area contributed by atoms with Crippen molar-refractivity contribution in [1.29, 1.82) is 0 Å². The minimum atomic E-state index is -0.216. The van der Waals surface area contributed by atoms with E-state index in [-0.39, 0.29) is 18.4 Å². The van der Waals surface area contributed by atoms with Crippen LogP contribution in [0.1, 0.15) is 17.3 Å². The summed E-state index contributed by atoms with van der Waals surface area (Å²) in [5.41, 5.74) is 1.86. The van der Waals surface area contributed by atoms with Crippen LogP contribution in [0, 0.1) is 0 Å². The van der Waals surface area contributed by atoms with Crippen LogP contribution in [0.5, 0.6) is 0 Å². The molecule has 24 heavy (non-hydrogen) atoms. The molecule has 0 spiro atoms. The quantitative estimate of drug-likeness (QED) is 0.729. The SMILES string of the molecule is CCNC(=O)c1ccc(NC(=O)CNc2ccc(Cl)c(Cl)c2)cc1. The molecule has 0 heterocycles. The summed E-state index contributed by atoms with van der Waals surface area (Å²) in [6.07, 6.45) is 0. The average Bonchev–Trinajstić information content (AvgIpc) is 2.57. The Labute approximate surface area is 150 Å². The number of benzene rings is 2. The Hall–Kier alpha value is -2.24. The predicted octanol–water partition coefficient (Wildman–Crippen LogP) is 3.79. The molecule has 0 fully saturated rings. The van der Waals surface area contributed by atoms with Crippen molar-refractivity contribution in [3.63, 3.8) is 0 Å². The topological polar surface area (TPSA) is 70.2 Å². The van der Waals surface area contributed by atoms with E-state index in [4.69, 9.17) is 23.2 Å². The molecule has 7 heteroatoms. The minimum absolute atomic E-state index is 0.0794. The molecule has 0 aliphatic heterocycles. The highest BCUT2D eigenvalue weighted by Gasteiger charge is 2.06. The summed E-state index contributed by atoms with van der Waals surface area (Å²) in [6, 6.07) is 11.7. The van der Waals surface area contributed by atoms with Gasteiger partial charge in [0.05, 0.1) is 16.6 Å². The molecule has 0 radical (unpaired) electrons. The molecular weight excluding hydrogens is 349 g/mol. The molecule has 0 unspecified atom stereocenters. The van der Waals surface area contributed by atoms with E-state index in [1.165, 1.54) is 0 Å². The monoisotopic (exact) mass is 365 g/mol. The van der Waals surface area contributed by atoms with Gasteiger partial charge in [0.25, 0.3) is 5.91 Å². The molecule has 2 amide bonds. The standard InChI is InChI=1S/C17H17Cl2N3O2/c1-2-20-17(24)11-3-5-12(6-4-11)22-16(23)10-21-13-7-8-14(18)15(19)9-13/h3-9,21H,2,10H2,1H3,(H,20,24)(H,22,23). The molecule has 2 rings (SSSR count). The zero-order chi connectivity index (χ0) is 17.5.